The van der Waals surface area contributed by atoms with Crippen molar-refractivity contribution < 1.29 is 9.21 Å². The van der Waals surface area contributed by atoms with Gasteiger partial charge in [-0.2, -0.15) is 0 Å². The van der Waals surface area contributed by atoms with Crippen molar-refractivity contribution in [3.63, 3.8) is 0 Å². The zero-order chi connectivity index (χ0) is 12.6. The number of hydrogen-bond acceptors (Lipinski definition) is 3. The SMILES string of the molecule is CC1(C(=O)NCc2ccco2)CC12CCNCC2.Cl. The van der Waals surface area contributed by atoms with Gasteiger partial charge in [0.25, 0.3) is 0 Å². The van der Waals surface area contributed by atoms with Gasteiger partial charge in [0.2, 0.25) is 5.91 Å². The Balaban J connectivity index is 0.00000133. The van der Waals surface area contributed by atoms with Crippen LogP contribution in [-0.4, -0.2) is 19.0 Å². The molecule has 1 aliphatic heterocycles. The molecule has 1 aliphatic carbocycles. The molecule has 4 nitrogen and oxygen atoms in total. The summed E-state index contributed by atoms with van der Waals surface area (Å²) in [6.45, 7) is 4.69. The number of hydrogen-bond donors (Lipinski definition) is 2. The van der Waals surface area contributed by atoms with Crippen molar-refractivity contribution in [3.05, 3.63) is 24.2 Å². The molecule has 1 unspecified atom stereocenters. The van der Waals surface area contributed by atoms with Crippen LogP contribution in [0.15, 0.2) is 22.8 Å². The molecule has 1 saturated heterocycles. The number of carbonyl (C=O) groups is 1. The molecule has 1 aromatic heterocycles. The van der Waals surface area contributed by atoms with E-state index in [9.17, 15) is 4.79 Å². The Hall–Kier alpha value is -1.00. The summed E-state index contributed by atoms with van der Waals surface area (Å²) in [6, 6.07) is 3.73. The molecule has 2 fully saturated rings. The predicted molar refractivity (Wildman–Crippen MR) is 75.1 cm³/mol. The molecule has 1 atom stereocenters. The van der Waals surface area contributed by atoms with Gasteiger partial charge in [-0.3, -0.25) is 4.79 Å². The summed E-state index contributed by atoms with van der Waals surface area (Å²) >= 11 is 0. The van der Waals surface area contributed by atoms with E-state index in [0.29, 0.717) is 6.54 Å². The van der Waals surface area contributed by atoms with Gasteiger partial charge in [-0.1, -0.05) is 6.92 Å². The molecule has 2 aliphatic rings. The number of carbonyl (C=O) groups excluding carboxylic acids is 1. The van der Waals surface area contributed by atoms with Crippen molar-refractivity contribution in [1.29, 1.82) is 0 Å². The second-order valence-electron chi connectivity index (χ2n) is 5.80. The topological polar surface area (TPSA) is 54.3 Å². The van der Waals surface area contributed by atoms with E-state index in [2.05, 4.69) is 17.6 Å². The molecule has 5 heteroatoms. The van der Waals surface area contributed by atoms with Crippen LogP contribution in [0.1, 0.15) is 31.9 Å². The summed E-state index contributed by atoms with van der Waals surface area (Å²) in [7, 11) is 0. The molecule has 1 spiro atoms. The van der Waals surface area contributed by atoms with E-state index >= 15 is 0 Å². The van der Waals surface area contributed by atoms with Crippen LogP contribution in [0.2, 0.25) is 0 Å². The molecule has 2 heterocycles. The van der Waals surface area contributed by atoms with E-state index < -0.39 is 0 Å². The van der Waals surface area contributed by atoms with Crippen LogP contribution in [-0.2, 0) is 11.3 Å². The maximum absolute atomic E-state index is 12.3. The molecule has 1 saturated carbocycles. The fourth-order valence-electron chi connectivity index (χ4n) is 3.36. The molecule has 19 heavy (non-hydrogen) atoms. The molecular formula is C14H21ClN2O2. The van der Waals surface area contributed by atoms with Crippen LogP contribution in [0.25, 0.3) is 0 Å². The van der Waals surface area contributed by atoms with Crippen molar-refractivity contribution in [3.8, 4) is 0 Å². The molecule has 1 aromatic rings. The van der Waals surface area contributed by atoms with Crippen LogP contribution in [0.4, 0.5) is 0 Å². The Kier molecular flexibility index (Phi) is 3.92. The number of piperidine rings is 1. The third-order valence-corrected chi connectivity index (χ3v) is 4.80. The lowest BCUT2D eigenvalue weighted by Gasteiger charge is -2.27. The first kappa shape index (κ1) is 14.4. The molecule has 2 N–H and O–H groups in total. The average Bonchev–Trinajstić information content (AvgIpc) is 2.80. The predicted octanol–water partition coefficient (Wildman–Crippen LogP) is 2.10. The van der Waals surface area contributed by atoms with Gasteiger partial charge < -0.3 is 15.1 Å². The van der Waals surface area contributed by atoms with Crippen LogP contribution in [0.5, 0.6) is 0 Å². The highest BCUT2D eigenvalue weighted by Crippen LogP contribution is 2.68. The lowest BCUT2D eigenvalue weighted by molar-refractivity contribution is -0.127. The monoisotopic (exact) mass is 284 g/mol. The van der Waals surface area contributed by atoms with Crippen LogP contribution in [0.3, 0.4) is 0 Å². The summed E-state index contributed by atoms with van der Waals surface area (Å²) in [5, 5.41) is 6.37. The highest BCUT2D eigenvalue weighted by Gasteiger charge is 2.67. The Bertz CT molecular complexity index is 440. The van der Waals surface area contributed by atoms with Gasteiger partial charge in [-0.15, -0.1) is 12.4 Å². The summed E-state index contributed by atoms with van der Waals surface area (Å²) in [5.74, 6) is 0.993. The third-order valence-electron chi connectivity index (χ3n) is 4.80. The van der Waals surface area contributed by atoms with E-state index in [1.807, 2.05) is 12.1 Å². The molecular weight excluding hydrogens is 264 g/mol. The van der Waals surface area contributed by atoms with E-state index in [4.69, 9.17) is 4.42 Å². The number of nitrogens with one attached hydrogen (secondary N) is 2. The standard InChI is InChI=1S/C14H20N2O2.ClH/c1-13(10-14(13)4-6-15-7-5-14)12(17)16-9-11-3-2-8-18-11;/h2-3,8,15H,4-7,9-10H2,1H3,(H,16,17);1H. The van der Waals surface area contributed by atoms with Crippen molar-refractivity contribution in [2.75, 3.05) is 13.1 Å². The second-order valence-corrected chi connectivity index (χ2v) is 5.80. The quantitative estimate of drug-likeness (QED) is 0.894. The first-order valence-electron chi connectivity index (χ1n) is 6.68. The maximum Gasteiger partial charge on any atom is 0.226 e. The van der Waals surface area contributed by atoms with E-state index in [1.54, 1.807) is 6.26 Å². The fourth-order valence-corrected chi connectivity index (χ4v) is 3.36. The number of furan rings is 1. The van der Waals surface area contributed by atoms with E-state index in [0.717, 1.165) is 38.1 Å². The molecule has 0 aromatic carbocycles. The van der Waals surface area contributed by atoms with Gasteiger partial charge in [-0.05, 0) is 49.9 Å². The van der Waals surface area contributed by atoms with Gasteiger partial charge in [0.1, 0.15) is 5.76 Å². The molecule has 106 valence electrons. The second kappa shape index (κ2) is 5.17. The largest absolute Gasteiger partial charge is 0.467 e. The third kappa shape index (κ3) is 2.39. The lowest BCUT2D eigenvalue weighted by Crippen LogP contribution is -2.38. The summed E-state index contributed by atoms with van der Waals surface area (Å²) in [6.07, 6.45) is 4.91. The Labute approximate surface area is 119 Å². The first-order chi connectivity index (χ1) is 8.66. The Morgan fingerprint density at radius 3 is 2.84 bits per heavy atom. The molecule has 0 bridgehead atoms. The van der Waals surface area contributed by atoms with E-state index in [1.165, 1.54) is 0 Å². The van der Waals surface area contributed by atoms with Crippen LogP contribution < -0.4 is 10.6 Å². The van der Waals surface area contributed by atoms with Gasteiger partial charge in [-0.25, -0.2) is 0 Å². The Morgan fingerprint density at radius 2 is 2.21 bits per heavy atom. The van der Waals surface area contributed by atoms with Gasteiger partial charge >= 0.3 is 0 Å². The van der Waals surface area contributed by atoms with Crippen molar-refractivity contribution in [1.82, 2.24) is 10.6 Å². The molecule has 0 radical (unpaired) electrons. The molecule has 3 rings (SSSR count). The summed E-state index contributed by atoms with van der Waals surface area (Å²) in [5.41, 5.74) is 0.0905. The number of halogens is 1. The normalized spacial score (nSPS) is 27.6. The van der Waals surface area contributed by atoms with Gasteiger partial charge in [0.15, 0.2) is 0 Å². The highest BCUT2D eigenvalue weighted by molar-refractivity contribution is 5.86. The minimum atomic E-state index is -0.165. The summed E-state index contributed by atoms with van der Waals surface area (Å²) < 4.78 is 5.23. The lowest BCUT2D eigenvalue weighted by atomic mass is 9.85. The minimum absolute atomic E-state index is 0. The van der Waals surface area contributed by atoms with E-state index in [-0.39, 0.29) is 29.1 Å². The maximum atomic E-state index is 12.3. The average molecular weight is 285 g/mol. The van der Waals surface area contributed by atoms with Crippen LogP contribution >= 0.6 is 12.4 Å². The van der Waals surface area contributed by atoms with Crippen molar-refractivity contribution in [2.45, 2.75) is 32.7 Å². The molecule has 1 amide bonds. The smallest absolute Gasteiger partial charge is 0.226 e. The minimum Gasteiger partial charge on any atom is -0.467 e. The first-order valence-corrected chi connectivity index (χ1v) is 6.68. The highest BCUT2D eigenvalue weighted by atomic mass is 35.5. The van der Waals surface area contributed by atoms with Gasteiger partial charge in [0.05, 0.1) is 18.2 Å². The summed E-state index contributed by atoms with van der Waals surface area (Å²) in [4.78, 5) is 12.3. The van der Waals surface area contributed by atoms with Crippen molar-refractivity contribution >= 4 is 18.3 Å². The van der Waals surface area contributed by atoms with Gasteiger partial charge in [0, 0.05) is 0 Å². The number of amides is 1. The zero-order valence-corrected chi connectivity index (χ0v) is 12.0. The number of rotatable bonds is 3. The zero-order valence-electron chi connectivity index (χ0n) is 11.2. The fraction of sp³-hybridized carbons (Fsp3) is 0.643. The van der Waals surface area contributed by atoms with Crippen molar-refractivity contribution in [2.24, 2.45) is 10.8 Å². The van der Waals surface area contributed by atoms with Crippen LogP contribution in [0, 0.1) is 10.8 Å². The Morgan fingerprint density at radius 1 is 1.47 bits per heavy atom.